The maximum Gasteiger partial charge on any atom is 0.277 e. The standard InChI is InChI=1S/C15H10Cl2I2N2O3/c16-9-1-2-13(11(17)4-9)24-7-14(22)21-20-6-8-3-10(18)5-12(19)15(8)23/h1-6,23H,7H2,(H,21,22). The average Bonchev–Trinajstić information content (AvgIpc) is 2.51. The van der Waals surface area contributed by atoms with E-state index in [2.05, 4.69) is 33.1 Å². The minimum atomic E-state index is -0.461. The zero-order valence-electron chi connectivity index (χ0n) is 11.9. The Morgan fingerprint density at radius 3 is 2.75 bits per heavy atom. The fourth-order valence-corrected chi connectivity index (χ4v) is 3.98. The second-order valence-corrected chi connectivity index (χ2v) is 7.73. The summed E-state index contributed by atoms with van der Waals surface area (Å²) in [5, 5.41) is 14.5. The van der Waals surface area contributed by atoms with Crippen LogP contribution in [-0.2, 0) is 4.79 Å². The molecule has 5 nitrogen and oxygen atoms in total. The van der Waals surface area contributed by atoms with E-state index in [9.17, 15) is 9.90 Å². The zero-order valence-corrected chi connectivity index (χ0v) is 17.7. The fraction of sp³-hybridized carbons (Fsp3) is 0.0667. The topological polar surface area (TPSA) is 70.9 Å². The van der Waals surface area contributed by atoms with Crippen LogP contribution in [0.3, 0.4) is 0 Å². The Morgan fingerprint density at radius 1 is 1.29 bits per heavy atom. The number of hydrogen-bond acceptors (Lipinski definition) is 4. The van der Waals surface area contributed by atoms with Gasteiger partial charge in [-0.25, -0.2) is 5.43 Å². The van der Waals surface area contributed by atoms with Crippen LogP contribution in [0.2, 0.25) is 10.0 Å². The first-order valence-corrected chi connectivity index (χ1v) is 9.36. The van der Waals surface area contributed by atoms with Crippen molar-refractivity contribution in [2.75, 3.05) is 6.61 Å². The van der Waals surface area contributed by atoms with Crippen LogP contribution in [0.15, 0.2) is 35.4 Å². The normalized spacial score (nSPS) is 10.8. The van der Waals surface area contributed by atoms with Crippen LogP contribution in [0.1, 0.15) is 5.56 Å². The van der Waals surface area contributed by atoms with Gasteiger partial charge in [-0.2, -0.15) is 5.10 Å². The second-order valence-electron chi connectivity index (χ2n) is 4.48. The molecule has 0 fully saturated rings. The molecule has 0 atom stereocenters. The number of nitrogens with zero attached hydrogens (tertiary/aromatic N) is 1. The predicted molar refractivity (Wildman–Crippen MR) is 111 cm³/mol. The van der Waals surface area contributed by atoms with Crippen molar-refractivity contribution in [3.8, 4) is 11.5 Å². The highest BCUT2D eigenvalue weighted by Gasteiger charge is 2.07. The Labute approximate surface area is 175 Å². The molecular formula is C15H10Cl2I2N2O3. The molecule has 2 rings (SSSR count). The Hall–Kier alpha value is -0.780. The van der Waals surface area contributed by atoms with E-state index in [0.717, 1.165) is 3.57 Å². The van der Waals surface area contributed by atoms with Gasteiger partial charge in [0.05, 0.1) is 14.8 Å². The Bertz CT molecular complexity index is 801. The molecule has 9 heteroatoms. The van der Waals surface area contributed by atoms with Crippen LogP contribution in [0.25, 0.3) is 0 Å². The highest BCUT2D eigenvalue weighted by Crippen LogP contribution is 2.27. The maximum absolute atomic E-state index is 11.7. The molecule has 0 spiro atoms. The lowest BCUT2D eigenvalue weighted by Gasteiger charge is -2.07. The molecule has 0 saturated carbocycles. The number of nitrogens with one attached hydrogen (secondary N) is 1. The molecule has 0 unspecified atom stereocenters. The number of hydrazone groups is 1. The predicted octanol–water partition coefficient (Wildman–Crippen LogP) is 4.44. The van der Waals surface area contributed by atoms with Gasteiger partial charge in [-0.1, -0.05) is 23.2 Å². The largest absolute Gasteiger partial charge is 0.506 e. The Morgan fingerprint density at radius 2 is 2.04 bits per heavy atom. The van der Waals surface area contributed by atoms with Crippen molar-refractivity contribution in [3.05, 3.63) is 53.1 Å². The number of rotatable bonds is 5. The summed E-state index contributed by atoms with van der Waals surface area (Å²) >= 11 is 15.9. The maximum atomic E-state index is 11.7. The average molecular weight is 591 g/mol. The van der Waals surface area contributed by atoms with E-state index < -0.39 is 5.91 Å². The molecular weight excluding hydrogens is 581 g/mol. The van der Waals surface area contributed by atoms with Crippen molar-refractivity contribution in [1.29, 1.82) is 0 Å². The summed E-state index contributed by atoms with van der Waals surface area (Å²) < 4.78 is 6.94. The van der Waals surface area contributed by atoms with Crippen molar-refractivity contribution >= 4 is 80.5 Å². The van der Waals surface area contributed by atoms with Gasteiger partial charge in [0.2, 0.25) is 0 Å². The molecule has 0 aliphatic carbocycles. The first-order valence-electron chi connectivity index (χ1n) is 6.44. The Kier molecular flexibility index (Phi) is 7.38. The molecule has 2 aromatic carbocycles. The van der Waals surface area contributed by atoms with Crippen LogP contribution < -0.4 is 10.2 Å². The smallest absolute Gasteiger partial charge is 0.277 e. The summed E-state index contributed by atoms with van der Waals surface area (Å²) in [6, 6.07) is 8.29. The molecule has 0 aliphatic heterocycles. The lowest BCUT2D eigenvalue weighted by molar-refractivity contribution is -0.123. The number of carbonyl (C=O) groups is 1. The number of amides is 1. The summed E-state index contributed by atoms with van der Waals surface area (Å²) in [6.45, 7) is -0.255. The van der Waals surface area contributed by atoms with Crippen molar-refractivity contribution < 1.29 is 14.6 Å². The number of aromatic hydroxyl groups is 1. The molecule has 0 bridgehead atoms. The number of phenolic OH excluding ortho intramolecular Hbond substituents is 1. The third-order valence-corrected chi connectivity index (χ3v) is 4.68. The zero-order chi connectivity index (χ0) is 17.7. The van der Waals surface area contributed by atoms with Gasteiger partial charge in [0.1, 0.15) is 11.5 Å². The molecule has 2 aromatic rings. The number of halogens is 4. The van der Waals surface area contributed by atoms with Crippen LogP contribution in [0.4, 0.5) is 0 Å². The number of hydrogen-bond donors (Lipinski definition) is 2. The third kappa shape index (κ3) is 5.64. The molecule has 0 radical (unpaired) electrons. The summed E-state index contributed by atoms with van der Waals surface area (Å²) in [6.07, 6.45) is 1.37. The third-order valence-electron chi connectivity index (χ3n) is 2.70. The lowest BCUT2D eigenvalue weighted by Crippen LogP contribution is -2.24. The van der Waals surface area contributed by atoms with Gasteiger partial charge < -0.3 is 9.84 Å². The first kappa shape index (κ1) is 19.5. The van der Waals surface area contributed by atoms with E-state index in [-0.39, 0.29) is 12.4 Å². The van der Waals surface area contributed by atoms with E-state index in [1.54, 1.807) is 18.2 Å². The molecule has 24 heavy (non-hydrogen) atoms. The van der Waals surface area contributed by atoms with Gasteiger partial charge in [0.25, 0.3) is 5.91 Å². The van der Waals surface area contributed by atoms with Crippen molar-refractivity contribution in [3.63, 3.8) is 0 Å². The highest BCUT2D eigenvalue weighted by atomic mass is 127. The monoisotopic (exact) mass is 590 g/mol. The van der Waals surface area contributed by atoms with Crippen LogP contribution in [-0.4, -0.2) is 23.8 Å². The second kappa shape index (κ2) is 9.07. The van der Waals surface area contributed by atoms with Crippen molar-refractivity contribution in [1.82, 2.24) is 5.43 Å². The van der Waals surface area contributed by atoms with E-state index >= 15 is 0 Å². The van der Waals surface area contributed by atoms with Gasteiger partial charge in [0, 0.05) is 14.2 Å². The number of ether oxygens (including phenoxy) is 1. The first-order chi connectivity index (χ1) is 11.4. The number of phenols is 1. The number of benzene rings is 2. The van der Waals surface area contributed by atoms with Gasteiger partial charge in [-0.15, -0.1) is 0 Å². The summed E-state index contributed by atoms with van der Waals surface area (Å²) in [5.74, 6) is 0.000278. The summed E-state index contributed by atoms with van der Waals surface area (Å²) in [7, 11) is 0. The number of carbonyl (C=O) groups excluding carboxylic acids is 1. The molecule has 1 amide bonds. The van der Waals surface area contributed by atoms with E-state index in [1.807, 2.05) is 28.7 Å². The highest BCUT2D eigenvalue weighted by molar-refractivity contribution is 14.1. The van der Waals surface area contributed by atoms with Crippen LogP contribution >= 0.6 is 68.4 Å². The van der Waals surface area contributed by atoms with Gasteiger partial charge >= 0.3 is 0 Å². The van der Waals surface area contributed by atoms with Gasteiger partial charge in [0.15, 0.2) is 6.61 Å². The van der Waals surface area contributed by atoms with E-state index in [4.69, 9.17) is 27.9 Å². The van der Waals surface area contributed by atoms with Gasteiger partial charge in [-0.05, 0) is 75.5 Å². The molecule has 0 aliphatic rings. The fourth-order valence-electron chi connectivity index (χ4n) is 1.63. The van der Waals surface area contributed by atoms with Crippen molar-refractivity contribution in [2.24, 2.45) is 5.10 Å². The van der Waals surface area contributed by atoms with E-state index in [1.165, 1.54) is 12.3 Å². The summed E-state index contributed by atoms with van der Waals surface area (Å²) in [5.41, 5.74) is 2.83. The Balaban J connectivity index is 1.91. The van der Waals surface area contributed by atoms with E-state index in [0.29, 0.717) is 24.9 Å². The molecule has 2 N–H and O–H groups in total. The van der Waals surface area contributed by atoms with Crippen molar-refractivity contribution in [2.45, 2.75) is 0 Å². The molecule has 0 heterocycles. The summed E-state index contributed by atoms with van der Waals surface area (Å²) in [4.78, 5) is 11.7. The quantitative estimate of drug-likeness (QED) is 0.307. The molecule has 0 saturated heterocycles. The lowest BCUT2D eigenvalue weighted by atomic mass is 10.2. The minimum absolute atomic E-state index is 0.109. The van der Waals surface area contributed by atoms with Gasteiger partial charge in [-0.3, -0.25) is 4.79 Å². The van der Waals surface area contributed by atoms with Crippen LogP contribution in [0.5, 0.6) is 11.5 Å². The van der Waals surface area contributed by atoms with Crippen LogP contribution in [0, 0.1) is 7.14 Å². The SMILES string of the molecule is O=C(COc1ccc(Cl)cc1Cl)NN=Cc1cc(I)cc(I)c1O. The minimum Gasteiger partial charge on any atom is -0.506 e. The molecule has 126 valence electrons. The molecule has 0 aromatic heterocycles.